The van der Waals surface area contributed by atoms with Crippen LogP contribution in [0.15, 0.2) is 94.9 Å². The molecule has 0 bridgehead atoms. The van der Waals surface area contributed by atoms with Gasteiger partial charge >= 0.3 is 18.0 Å². The van der Waals surface area contributed by atoms with Gasteiger partial charge < -0.3 is 9.64 Å². The highest BCUT2D eigenvalue weighted by Gasteiger charge is 2.73. The average molecular weight is 519 g/mol. The first-order valence-electron chi connectivity index (χ1n) is 11.4. The van der Waals surface area contributed by atoms with Crippen LogP contribution in [0.2, 0.25) is 0 Å². The van der Waals surface area contributed by atoms with Crippen LogP contribution in [0.3, 0.4) is 0 Å². The van der Waals surface area contributed by atoms with Crippen molar-refractivity contribution in [1.29, 1.82) is 0 Å². The number of alkyl halides is 6. The van der Waals surface area contributed by atoms with Gasteiger partial charge in [0, 0.05) is 12.0 Å². The SMILES string of the molecule is COc1ccc(CN2C(CCc3ccccc3)=NC(C(F)(F)F)(C(F)(F)F)N=C2c2ccccc2)cc1. The van der Waals surface area contributed by atoms with Crippen molar-refractivity contribution in [2.45, 2.75) is 37.4 Å². The van der Waals surface area contributed by atoms with Crippen molar-refractivity contribution in [2.24, 2.45) is 9.98 Å². The summed E-state index contributed by atoms with van der Waals surface area (Å²) in [7, 11) is 1.49. The lowest BCUT2D eigenvalue weighted by Crippen LogP contribution is -2.59. The molecule has 3 aromatic rings. The van der Waals surface area contributed by atoms with Gasteiger partial charge in [-0.05, 0) is 29.7 Å². The lowest BCUT2D eigenvalue weighted by molar-refractivity contribution is -0.293. The highest BCUT2D eigenvalue weighted by molar-refractivity contribution is 6.10. The lowest BCUT2D eigenvalue weighted by atomic mass is 10.0. The number of aryl methyl sites for hydroxylation is 1. The van der Waals surface area contributed by atoms with Crippen molar-refractivity contribution in [3.63, 3.8) is 0 Å². The molecule has 37 heavy (non-hydrogen) atoms. The Morgan fingerprint density at radius 2 is 1.27 bits per heavy atom. The van der Waals surface area contributed by atoms with Crippen molar-refractivity contribution in [1.82, 2.24) is 4.90 Å². The molecule has 0 spiro atoms. The molecule has 1 aliphatic heterocycles. The van der Waals surface area contributed by atoms with E-state index in [4.69, 9.17) is 4.74 Å². The Hall–Kier alpha value is -3.82. The summed E-state index contributed by atoms with van der Waals surface area (Å²) < 4.78 is 90.3. The van der Waals surface area contributed by atoms with Gasteiger partial charge in [-0.3, -0.25) is 0 Å². The smallest absolute Gasteiger partial charge is 0.443 e. The van der Waals surface area contributed by atoms with Crippen LogP contribution in [-0.2, 0) is 13.0 Å². The number of hydrogen-bond donors (Lipinski definition) is 0. The molecule has 3 aromatic carbocycles. The molecule has 1 heterocycles. The molecule has 0 N–H and O–H groups in total. The van der Waals surface area contributed by atoms with E-state index in [1.165, 1.54) is 36.3 Å². The molecule has 0 amide bonds. The number of aliphatic imine (C=N–C) groups is 2. The van der Waals surface area contributed by atoms with Crippen molar-refractivity contribution in [2.75, 3.05) is 7.11 Å². The minimum atomic E-state index is -5.81. The number of nitrogens with zero attached hydrogens (tertiary/aromatic N) is 3. The topological polar surface area (TPSA) is 37.2 Å². The number of rotatable bonds is 7. The molecule has 0 radical (unpaired) electrons. The predicted molar refractivity (Wildman–Crippen MR) is 129 cm³/mol. The van der Waals surface area contributed by atoms with Crippen LogP contribution in [-0.4, -0.2) is 41.7 Å². The van der Waals surface area contributed by atoms with Gasteiger partial charge in [0.2, 0.25) is 0 Å². The molecule has 0 unspecified atom stereocenters. The zero-order chi connectivity index (χ0) is 26.7. The second-order valence-corrected chi connectivity index (χ2v) is 8.42. The summed E-state index contributed by atoms with van der Waals surface area (Å²) in [4.78, 5) is 7.99. The Bertz CT molecular complexity index is 1240. The van der Waals surface area contributed by atoms with Crippen LogP contribution in [0, 0.1) is 0 Å². The summed E-state index contributed by atoms with van der Waals surface area (Å²) in [5, 5.41) is 0. The summed E-state index contributed by atoms with van der Waals surface area (Å²) >= 11 is 0. The standard InChI is InChI=1S/C27H23F6N3O/c1-37-22-15-12-20(13-16-22)18-36-23(17-14-19-8-4-2-5-9-19)34-25(26(28,29)30,27(31,32)33)35-24(36)21-10-6-3-7-11-21/h2-13,15-16H,14,17-18H2,1H3. The molecule has 10 heteroatoms. The molecular formula is C27H23F6N3O. The first-order chi connectivity index (χ1) is 17.5. The second kappa shape index (κ2) is 10.3. The number of benzene rings is 3. The average Bonchev–Trinajstić information content (AvgIpc) is 2.88. The Labute approximate surface area is 209 Å². The van der Waals surface area contributed by atoms with E-state index in [2.05, 4.69) is 9.98 Å². The summed E-state index contributed by atoms with van der Waals surface area (Å²) in [6.07, 6.45) is -11.6. The first kappa shape index (κ1) is 26.2. The molecule has 4 rings (SSSR count). The van der Waals surface area contributed by atoms with E-state index in [1.54, 1.807) is 60.7 Å². The third kappa shape index (κ3) is 5.47. The third-order valence-corrected chi connectivity index (χ3v) is 5.93. The quantitative estimate of drug-likeness (QED) is 0.322. The molecular weight excluding hydrogens is 496 g/mol. The van der Waals surface area contributed by atoms with E-state index in [9.17, 15) is 26.3 Å². The number of amidine groups is 2. The van der Waals surface area contributed by atoms with E-state index in [0.717, 1.165) is 5.56 Å². The number of methoxy groups -OCH3 is 1. The van der Waals surface area contributed by atoms with Gasteiger partial charge in [-0.15, -0.1) is 0 Å². The number of halogens is 6. The molecule has 0 atom stereocenters. The molecule has 0 saturated heterocycles. The van der Waals surface area contributed by atoms with E-state index in [0.29, 0.717) is 11.3 Å². The van der Waals surface area contributed by atoms with Crippen molar-refractivity contribution in [3.05, 3.63) is 102 Å². The van der Waals surface area contributed by atoms with Crippen molar-refractivity contribution >= 4 is 11.7 Å². The number of ether oxygens (including phenoxy) is 1. The lowest BCUT2D eigenvalue weighted by Gasteiger charge is -2.39. The van der Waals surface area contributed by atoms with Gasteiger partial charge in [0.15, 0.2) is 0 Å². The molecule has 0 aliphatic carbocycles. The Balaban J connectivity index is 1.87. The normalized spacial score (nSPS) is 15.7. The van der Waals surface area contributed by atoms with Crippen LogP contribution >= 0.6 is 0 Å². The monoisotopic (exact) mass is 519 g/mol. The van der Waals surface area contributed by atoms with Crippen LogP contribution < -0.4 is 4.74 Å². The minimum Gasteiger partial charge on any atom is -0.497 e. The largest absolute Gasteiger partial charge is 0.497 e. The zero-order valence-electron chi connectivity index (χ0n) is 19.7. The third-order valence-electron chi connectivity index (χ3n) is 5.93. The molecule has 194 valence electrons. The second-order valence-electron chi connectivity index (χ2n) is 8.42. The summed E-state index contributed by atoms with van der Waals surface area (Å²) in [6, 6.07) is 23.0. The maximum atomic E-state index is 14.2. The van der Waals surface area contributed by atoms with Gasteiger partial charge in [-0.25, -0.2) is 9.98 Å². The predicted octanol–water partition coefficient (Wildman–Crippen LogP) is 6.81. The fraction of sp³-hybridized carbons (Fsp3) is 0.259. The van der Waals surface area contributed by atoms with Gasteiger partial charge in [0.05, 0.1) is 13.7 Å². The van der Waals surface area contributed by atoms with E-state index in [-0.39, 0.29) is 30.8 Å². The Morgan fingerprint density at radius 3 is 1.81 bits per heavy atom. The fourth-order valence-corrected chi connectivity index (χ4v) is 4.00. The highest BCUT2D eigenvalue weighted by Crippen LogP contribution is 2.49. The minimum absolute atomic E-state index is 0.0445. The first-order valence-corrected chi connectivity index (χ1v) is 11.4. The zero-order valence-corrected chi connectivity index (χ0v) is 19.7. The summed E-state index contributed by atoms with van der Waals surface area (Å²) in [6.45, 7) is -0.0445. The molecule has 0 aromatic heterocycles. The van der Waals surface area contributed by atoms with E-state index >= 15 is 0 Å². The number of hydrogen-bond acceptors (Lipinski definition) is 4. The fourth-order valence-electron chi connectivity index (χ4n) is 4.00. The van der Waals surface area contributed by atoms with Crippen LogP contribution in [0.4, 0.5) is 26.3 Å². The van der Waals surface area contributed by atoms with Gasteiger partial charge in [0.25, 0.3) is 0 Å². The Kier molecular flexibility index (Phi) is 7.29. The van der Waals surface area contributed by atoms with E-state index in [1.807, 2.05) is 0 Å². The molecule has 1 aliphatic rings. The van der Waals surface area contributed by atoms with Gasteiger partial charge in [0.1, 0.15) is 17.4 Å². The van der Waals surface area contributed by atoms with E-state index < -0.39 is 23.9 Å². The van der Waals surface area contributed by atoms with Crippen LogP contribution in [0.5, 0.6) is 5.75 Å². The van der Waals surface area contributed by atoms with Crippen LogP contribution in [0.25, 0.3) is 0 Å². The summed E-state index contributed by atoms with van der Waals surface area (Å²) in [5.74, 6) is -0.252. The molecule has 0 saturated carbocycles. The maximum Gasteiger partial charge on any atom is 0.443 e. The molecule has 0 fully saturated rings. The van der Waals surface area contributed by atoms with Gasteiger partial charge in [-0.2, -0.15) is 26.3 Å². The maximum absolute atomic E-state index is 14.2. The molecule has 4 nitrogen and oxygen atoms in total. The van der Waals surface area contributed by atoms with Crippen molar-refractivity contribution in [3.8, 4) is 5.75 Å². The van der Waals surface area contributed by atoms with Gasteiger partial charge in [-0.1, -0.05) is 72.8 Å². The summed E-state index contributed by atoms with van der Waals surface area (Å²) in [5.41, 5.74) is -3.12. The van der Waals surface area contributed by atoms with Crippen LogP contribution in [0.1, 0.15) is 23.1 Å². The Morgan fingerprint density at radius 1 is 0.703 bits per heavy atom. The van der Waals surface area contributed by atoms with Crippen molar-refractivity contribution < 1.29 is 31.1 Å². The highest BCUT2D eigenvalue weighted by atomic mass is 19.4.